The molecule has 0 aliphatic carbocycles. The molecule has 1 N–H and O–H groups in total. The minimum Gasteiger partial charge on any atom is -0.396 e. The summed E-state index contributed by atoms with van der Waals surface area (Å²) in [5.41, 5.74) is 0. The van der Waals surface area contributed by atoms with E-state index in [0.29, 0.717) is 12.8 Å². The summed E-state index contributed by atoms with van der Waals surface area (Å²) in [6.45, 7) is 1.88. The number of hydrogen-bond acceptors (Lipinski definition) is 3. The van der Waals surface area contributed by atoms with E-state index >= 15 is 0 Å². The minimum absolute atomic E-state index is 0.00440. The Kier molecular flexibility index (Phi) is 3.19. The predicted molar refractivity (Wildman–Crippen MR) is 46.8 cm³/mol. The van der Waals surface area contributed by atoms with Crippen LogP contribution in [0.5, 0.6) is 0 Å². The number of rotatable bonds is 4. The molecule has 0 aromatic heterocycles. The average molecular weight is 183 g/mol. The average Bonchev–Trinajstić information content (AvgIpc) is 2.43. The van der Waals surface area contributed by atoms with Crippen LogP contribution in [0.3, 0.4) is 0 Å². The molecule has 13 heavy (non-hydrogen) atoms. The van der Waals surface area contributed by atoms with Crippen LogP contribution in [0.4, 0.5) is 0 Å². The monoisotopic (exact) mass is 183 g/mol. The van der Waals surface area contributed by atoms with Crippen molar-refractivity contribution >= 4 is 11.8 Å². The SMILES string of the molecule is CCC(CCO)N1C(=O)C=CC1=O. The van der Waals surface area contributed by atoms with Crippen LogP contribution in [0.15, 0.2) is 12.2 Å². The molecule has 0 fully saturated rings. The standard InChI is InChI=1S/C9H13NO3/c1-2-7(5-6-11)10-8(12)3-4-9(10)13/h3-4,7,11H,2,5-6H2,1H3. The topological polar surface area (TPSA) is 57.6 Å². The lowest BCUT2D eigenvalue weighted by atomic mass is 10.1. The van der Waals surface area contributed by atoms with Crippen LogP contribution in [0.1, 0.15) is 19.8 Å². The van der Waals surface area contributed by atoms with Gasteiger partial charge in [0, 0.05) is 24.8 Å². The Balaban J connectivity index is 2.68. The highest BCUT2D eigenvalue weighted by Gasteiger charge is 2.29. The number of hydrogen-bond donors (Lipinski definition) is 1. The Hall–Kier alpha value is -1.16. The molecular formula is C9H13NO3. The second-order valence-corrected chi connectivity index (χ2v) is 2.95. The van der Waals surface area contributed by atoms with Crippen molar-refractivity contribution in [2.45, 2.75) is 25.8 Å². The van der Waals surface area contributed by atoms with E-state index in [1.165, 1.54) is 17.1 Å². The Morgan fingerprint density at radius 2 is 1.92 bits per heavy atom. The molecule has 0 spiro atoms. The van der Waals surface area contributed by atoms with Crippen molar-refractivity contribution in [2.24, 2.45) is 0 Å². The molecule has 4 nitrogen and oxygen atoms in total. The minimum atomic E-state index is -0.273. The van der Waals surface area contributed by atoms with Crippen LogP contribution >= 0.6 is 0 Å². The Morgan fingerprint density at radius 1 is 1.38 bits per heavy atom. The molecule has 2 amide bonds. The Labute approximate surface area is 76.8 Å². The number of nitrogens with zero attached hydrogens (tertiary/aromatic N) is 1. The quantitative estimate of drug-likeness (QED) is 0.627. The largest absolute Gasteiger partial charge is 0.396 e. The van der Waals surface area contributed by atoms with Gasteiger partial charge in [-0.25, -0.2) is 0 Å². The number of carbonyl (C=O) groups is 2. The smallest absolute Gasteiger partial charge is 0.253 e. The van der Waals surface area contributed by atoms with Gasteiger partial charge < -0.3 is 5.11 Å². The zero-order valence-electron chi connectivity index (χ0n) is 7.56. The van der Waals surface area contributed by atoms with E-state index in [-0.39, 0.29) is 24.5 Å². The first-order chi connectivity index (χ1) is 6.20. The molecular weight excluding hydrogens is 170 g/mol. The lowest BCUT2D eigenvalue weighted by Gasteiger charge is -2.24. The number of aliphatic hydroxyl groups excluding tert-OH is 1. The van der Waals surface area contributed by atoms with Crippen molar-refractivity contribution in [2.75, 3.05) is 6.61 Å². The van der Waals surface area contributed by atoms with Crippen LogP contribution in [0.2, 0.25) is 0 Å². The molecule has 1 rings (SSSR count). The predicted octanol–water partition coefficient (Wildman–Crippen LogP) is 0.0724. The maximum absolute atomic E-state index is 11.2. The molecule has 1 aliphatic rings. The molecule has 0 bridgehead atoms. The van der Waals surface area contributed by atoms with Crippen molar-refractivity contribution in [1.29, 1.82) is 0 Å². The van der Waals surface area contributed by atoms with Gasteiger partial charge in [0.15, 0.2) is 0 Å². The fourth-order valence-corrected chi connectivity index (χ4v) is 1.44. The first kappa shape index (κ1) is 9.92. The molecule has 0 radical (unpaired) electrons. The van der Waals surface area contributed by atoms with Crippen molar-refractivity contribution < 1.29 is 14.7 Å². The van der Waals surface area contributed by atoms with Gasteiger partial charge in [0.05, 0.1) is 0 Å². The number of aliphatic hydroxyl groups is 1. The van der Waals surface area contributed by atoms with Crippen molar-refractivity contribution in [3.8, 4) is 0 Å². The molecule has 4 heteroatoms. The maximum atomic E-state index is 11.2. The fraction of sp³-hybridized carbons (Fsp3) is 0.556. The number of amides is 2. The van der Waals surface area contributed by atoms with E-state index < -0.39 is 0 Å². The van der Waals surface area contributed by atoms with Gasteiger partial charge in [-0.2, -0.15) is 0 Å². The summed E-state index contributed by atoms with van der Waals surface area (Å²) in [6, 6.07) is -0.167. The zero-order chi connectivity index (χ0) is 9.84. The van der Waals surface area contributed by atoms with Gasteiger partial charge in [-0.3, -0.25) is 14.5 Å². The summed E-state index contributed by atoms with van der Waals surface area (Å²) in [6.07, 6.45) is 3.67. The van der Waals surface area contributed by atoms with Crippen LogP contribution in [-0.4, -0.2) is 34.5 Å². The van der Waals surface area contributed by atoms with Crippen LogP contribution in [-0.2, 0) is 9.59 Å². The van der Waals surface area contributed by atoms with Crippen LogP contribution < -0.4 is 0 Å². The van der Waals surface area contributed by atoms with E-state index in [1.54, 1.807) is 0 Å². The van der Waals surface area contributed by atoms with Gasteiger partial charge in [0.1, 0.15) is 0 Å². The molecule has 0 aromatic rings. The highest BCUT2D eigenvalue weighted by atomic mass is 16.3. The van der Waals surface area contributed by atoms with Gasteiger partial charge in [0.2, 0.25) is 0 Å². The Bertz CT molecular complexity index is 229. The summed E-state index contributed by atoms with van der Waals surface area (Å²) in [5, 5.41) is 8.73. The fourth-order valence-electron chi connectivity index (χ4n) is 1.44. The summed E-state index contributed by atoms with van der Waals surface area (Å²) in [5.74, 6) is -0.546. The first-order valence-corrected chi connectivity index (χ1v) is 4.36. The van der Waals surface area contributed by atoms with E-state index in [9.17, 15) is 9.59 Å². The summed E-state index contributed by atoms with van der Waals surface area (Å²) >= 11 is 0. The number of carbonyl (C=O) groups excluding carboxylic acids is 2. The summed E-state index contributed by atoms with van der Waals surface area (Å²) < 4.78 is 0. The molecule has 0 saturated carbocycles. The molecule has 1 unspecified atom stereocenters. The third-order valence-corrected chi connectivity index (χ3v) is 2.14. The summed E-state index contributed by atoms with van der Waals surface area (Å²) in [4.78, 5) is 23.6. The van der Waals surface area contributed by atoms with Crippen molar-refractivity contribution in [1.82, 2.24) is 4.90 Å². The normalized spacial score (nSPS) is 18.5. The lowest BCUT2D eigenvalue weighted by Crippen LogP contribution is -2.40. The molecule has 1 atom stereocenters. The second-order valence-electron chi connectivity index (χ2n) is 2.95. The van der Waals surface area contributed by atoms with Crippen LogP contribution in [0, 0.1) is 0 Å². The summed E-state index contributed by atoms with van der Waals surface area (Å²) in [7, 11) is 0. The molecule has 1 aliphatic heterocycles. The third-order valence-electron chi connectivity index (χ3n) is 2.14. The molecule has 0 aromatic carbocycles. The van der Waals surface area contributed by atoms with E-state index in [0.717, 1.165) is 0 Å². The number of imide groups is 1. The van der Waals surface area contributed by atoms with Gasteiger partial charge in [-0.1, -0.05) is 6.92 Å². The third kappa shape index (κ3) is 1.95. The Morgan fingerprint density at radius 3 is 2.31 bits per heavy atom. The highest BCUT2D eigenvalue weighted by molar-refractivity contribution is 6.13. The molecule has 72 valence electrons. The first-order valence-electron chi connectivity index (χ1n) is 4.36. The van der Waals surface area contributed by atoms with Crippen molar-refractivity contribution in [3.63, 3.8) is 0 Å². The van der Waals surface area contributed by atoms with E-state index in [4.69, 9.17) is 5.11 Å². The van der Waals surface area contributed by atoms with E-state index in [1.807, 2.05) is 6.92 Å². The van der Waals surface area contributed by atoms with Gasteiger partial charge in [-0.05, 0) is 12.8 Å². The second kappa shape index (κ2) is 4.18. The van der Waals surface area contributed by atoms with Crippen molar-refractivity contribution in [3.05, 3.63) is 12.2 Å². The van der Waals surface area contributed by atoms with Gasteiger partial charge in [-0.15, -0.1) is 0 Å². The molecule has 0 saturated heterocycles. The van der Waals surface area contributed by atoms with E-state index in [2.05, 4.69) is 0 Å². The zero-order valence-corrected chi connectivity index (χ0v) is 7.56. The van der Waals surface area contributed by atoms with Crippen LogP contribution in [0.25, 0.3) is 0 Å². The van der Waals surface area contributed by atoms with Gasteiger partial charge >= 0.3 is 0 Å². The van der Waals surface area contributed by atoms with Gasteiger partial charge in [0.25, 0.3) is 11.8 Å². The molecule has 1 heterocycles. The highest BCUT2D eigenvalue weighted by Crippen LogP contribution is 2.14. The maximum Gasteiger partial charge on any atom is 0.253 e. The lowest BCUT2D eigenvalue weighted by molar-refractivity contribution is -0.139.